The highest BCUT2D eigenvalue weighted by Crippen LogP contribution is 2.14. The van der Waals surface area contributed by atoms with Gasteiger partial charge in [0.15, 0.2) is 5.92 Å². The van der Waals surface area contributed by atoms with Gasteiger partial charge in [-0.25, -0.2) is 0 Å². The summed E-state index contributed by atoms with van der Waals surface area (Å²) < 4.78 is 9.88. The molecule has 0 radical (unpaired) electrons. The maximum atomic E-state index is 11.8. The smallest absolute Gasteiger partial charge is 0.320 e. The molecule has 0 N–H and O–H groups in total. The fraction of sp³-hybridized carbons (Fsp3) is 0.444. The third-order valence-corrected chi connectivity index (χ3v) is 3.12. The Hall–Kier alpha value is -2.10. The van der Waals surface area contributed by atoms with Gasteiger partial charge in [-0.05, 0) is 38.7 Å². The normalized spacial score (nSPS) is 10.9. The molecule has 1 rings (SSSR count). The molecule has 0 saturated carbocycles. The van der Waals surface area contributed by atoms with E-state index in [1.165, 1.54) is 0 Å². The first kappa shape index (κ1) is 18.0. The molecular formula is C18H24O4. The van der Waals surface area contributed by atoms with Crippen LogP contribution in [-0.2, 0) is 19.1 Å². The van der Waals surface area contributed by atoms with Gasteiger partial charge in [0.25, 0.3) is 0 Å². The van der Waals surface area contributed by atoms with Crippen LogP contribution in [-0.4, -0.2) is 25.2 Å². The highest BCUT2D eigenvalue weighted by atomic mass is 16.6. The summed E-state index contributed by atoms with van der Waals surface area (Å²) in [6, 6.07) is 9.99. The number of esters is 2. The maximum absolute atomic E-state index is 11.8. The van der Waals surface area contributed by atoms with Gasteiger partial charge in [0.05, 0.1) is 13.2 Å². The molecule has 1 aromatic carbocycles. The first-order chi connectivity index (χ1) is 10.7. The van der Waals surface area contributed by atoms with Crippen LogP contribution in [0.15, 0.2) is 36.4 Å². The molecule has 0 bridgehead atoms. The van der Waals surface area contributed by atoms with Gasteiger partial charge in [-0.3, -0.25) is 9.59 Å². The fourth-order valence-electron chi connectivity index (χ4n) is 2.04. The second-order valence-corrected chi connectivity index (χ2v) is 4.80. The molecule has 0 fully saturated rings. The van der Waals surface area contributed by atoms with Crippen molar-refractivity contribution in [2.24, 2.45) is 5.92 Å². The number of unbranched alkanes of at least 4 members (excludes halogenated alkanes) is 1. The third kappa shape index (κ3) is 6.57. The predicted octanol–water partition coefficient (Wildman–Crippen LogP) is 3.61. The minimum absolute atomic E-state index is 0.267. The molecule has 4 heteroatoms. The molecule has 0 amide bonds. The fourth-order valence-corrected chi connectivity index (χ4v) is 2.04. The summed E-state index contributed by atoms with van der Waals surface area (Å²) in [6.45, 7) is 3.98. The molecule has 0 aromatic heterocycles. The molecule has 0 aliphatic heterocycles. The summed E-state index contributed by atoms with van der Waals surface area (Å²) in [5.74, 6) is -1.80. The Bertz CT molecular complexity index is 461. The van der Waals surface area contributed by atoms with E-state index in [0.29, 0.717) is 6.42 Å². The van der Waals surface area contributed by atoms with E-state index < -0.39 is 17.9 Å². The van der Waals surface area contributed by atoms with Gasteiger partial charge in [-0.15, -0.1) is 0 Å². The van der Waals surface area contributed by atoms with Crippen LogP contribution in [0.25, 0.3) is 6.08 Å². The zero-order valence-corrected chi connectivity index (χ0v) is 13.3. The van der Waals surface area contributed by atoms with Gasteiger partial charge in [0, 0.05) is 0 Å². The summed E-state index contributed by atoms with van der Waals surface area (Å²) in [4.78, 5) is 23.6. The predicted molar refractivity (Wildman–Crippen MR) is 86.1 cm³/mol. The molecule has 4 nitrogen and oxygen atoms in total. The van der Waals surface area contributed by atoms with Crippen LogP contribution in [0, 0.1) is 5.92 Å². The Kier molecular flexibility index (Phi) is 8.65. The van der Waals surface area contributed by atoms with E-state index in [2.05, 4.69) is 0 Å². The number of hydrogen-bond acceptors (Lipinski definition) is 4. The van der Waals surface area contributed by atoms with E-state index in [-0.39, 0.29) is 13.2 Å². The van der Waals surface area contributed by atoms with E-state index in [1.807, 2.05) is 42.5 Å². The SMILES string of the molecule is CCOC(=O)C(CCC/C=C\c1ccccc1)C(=O)OCC. The highest BCUT2D eigenvalue weighted by molar-refractivity contribution is 5.94. The quantitative estimate of drug-likeness (QED) is 0.397. The maximum Gasteiger partial charge on any atom is 0.320 e. The Morgan fingerprint density at radius 1 is 1.05 bits per heavy atom. The van der Waals surface area contributed by atoms with Crippen molar-refractivity contribution in [2.45, 2.75) is 33.1 Å². The lowest BCUT2D eigenvalue weighted by Crippen LogP contribution is -2.28. The van der Waals surface area contributed by atoms with Crippen LogP contribution in [0.2, 0.25) is 0 Å². The standard InChI is InChI=1S/C18H24O4/c1-3-21-17(19)16(18(20)22-4-2)14-10-6-9-13-15-11-7-5-8-12-15/h5,7-9,11-13,16H,3-4,6,10,14H2,1-2H3/b13-9-. The topological polar surface area (TPSA) is 52.6 Å². The molecule has 0 aliphatic carbocycles. The van der Waals surface area contributed by atoms with E-state index in [4.69, 9.17) is 9.47 Å². The number of carbonyl (C=O) groups is 2. The van der Waals surface area contributed by atoms with E-state index in [1.54, 1.807) is 13.8 Å². The summed E-state index contributed by atoms with van der Waals surface area (Å²) in [7, 11) is 0. The largest absolute Gasteiger partial charge is 0.465 e. The summed E-state index contributed by atoms with van der Waals surface area (Å²) >= 11 is 0. The molecule has 120 valence electrons. The monoisotopic (exact) mass is 304 g/mol. The lowest BCUT2D eigenvalue weighted by atomic mass is 10.0. The van der Waals surface area contributed by atoms with Gasteiger partial charge in [0.1, 0.15) is 0 Å². The Labute approximate surface area is 132 Å². The van der Waals surface area contributed by atoms with Gasteiger partial charge >= 0.3 is 11.9 Å². The van der Waals surface area contributed by atoms with Crippen LogP contribution in [0.5, 0.6) is 0 Å². The van der Waals surface area contributed by atoms with Crippen LogP contribution in [0.4, 0.5) is 0 Å². The number of rotatable bonds is 9. The van der Waals surface area contributed by atoms with Crippen LogP contribution < -0.4 is 0 Å². The summed E-state index contributed by atoms with van der Waals surface area (Å²) in [5.41, 5.74) is 1.13. The molecule has 0 unspecified atom stereocenters. The number of allylic oxidation sites excluding steroid dienone is 1. The van der Waals surface area contributed by atoms with Crippen molar-refractivity contribution in [2.75, 3.05) is 13.2 Å². The van der Waals surface area contributed by atoms with Crippen molar-refractivity contribution in [3.8, 4) is 0 Å². The Balaban J connectivity index is 2.44. The molecule has 0 heterocycles. The van der Waals surface area contributed by atoms with Crippen molar-refractivity contribution in [1.82, 2.24) is 0 Å². The first-order valence-electron chi connectivity index (χ1n) is 7.73. The number of benzene rings is 1. The summed E-state index contributed by atoms with van der Waals surface area (Å²) in [5, 5.41) is 0. The Morgan fingerprint density at radius 3 is 2.18 bits per heavy atom. The van der Waals surface area contributed by atoms with E-state index in [0.717, 1.165) is 18.4 Å². The van der Waals surface area contributed by atoms with Gasteiger partial charge in [-0.1, -0.05) is 42.5 Å². The van der Waals surface area contributed by atoms with Crippen LogP contribution in [0.1, 0.15) is 38.7 Å². The number of carbonyl (C=O) groups excluding carboxylic acids is 2. The number of ether oxygens (including phenoxy) is 2. The van der Waals surface area contributed by atoms with Crippen molar-refractivity contribution in [3.05, 3.63) is 42.0 Å². The molecule has 0 aliphatic rings. The van der Waals surface area contributed by atoms with Crippen molar-refractivity contribution >= 4 is 18.0 Å². The lowest BCUT2D eigenvalue weighted by molar-refractivity contribution is -0.161. The average Bonchev–Trinajstić information content (AvgIpc) is 2.52. The first-order valence-corrected chi connectivity index (χ1v) is 7.73. The molecule has 0 spiro atoms. The van der Waals surface area contributed by atoms with Crippen molar-refractivity contribution < 1.29 is 19.1 Å². The third-order valence-electron chi connectivity index (χ3n) is 3.12. The second-order valence-electron chi connectivity index (χ2n) is 4.80. The molecule has 22 heavy (non-hydrogen) atoms. The average molecular weight is 304 g/mol. The van der Waals surface area contributed by atoms with Crippen LogP contribution >= 0.6 is 0 Å². The van der Waals surface area contributed by atoms with Gasteiger partial charge < -0.3 is 9.47 Å². The molecule has 0 saturated heterocycles. The number of hydrogen-bond donors (Lipinski definition) is 0. The van der Waals surface area contributed by atoms with E-state index in [9.17, 15) is 9.59 Å². The van der Waals surface area contributed by atoms with Crippen LogP contribution in [0.3, 0.4) is 0 Å². The van der Waals surface area contributed by atoms with Crippen molar-refractivity contribution in [1.29, 1.82) is 0 Å². The highest BCUT2D eigenvalue weighted by Gasteiger charge is 2.28. The Morgan fingerprint density at radius 2 is 1.64 bits per heavy atom. The zero-order chi connectivity index (χ0) is 16.2. The minimum Gasteiger partial charge on any atom is -0.465 e. The van der Waals surface area contributed by atoms with Crippen molar-refractivity contribution in [3.63, 3.8) is 0 Å². The van der Waals surface area contributed by atoms with Gasteiger partial charge in [0.2, 0.25) is 0 Å². The van der Waals surface area contributed by atoms with Gasteiger partial charge in [-0.2, -0.15) is 0 Å². The van der Waals surface area contributed by atoms with E-state index >= 15 is 0 Å². The zero-order valence-electron chi connectivity index (χ0n) is 13.3. The minimum atomic E-state index is -0.815. The lowest BCUT2D eigenvalue weighted by Gasteiger charge is -2.13. The molecule has 1 aromatic rings. The molecular weight excluding hydrogens is 280 g/mol. The second kappa shape index (κ2) is 10.6. The summed E-state index contributed by atoms with van der Waals surface area (Å²) in [6.07, 6.45) is 6.04. The molecule has 0 atom stereocenters.